The maximum absolute atomic E-state index is 5.97. The number of fused-ring (bicyclic) bond motifs is 1. The number of nitrogens with two attached hydrogens (primary N) is 1. The van der Waals surface area contributed by atoms with Gasteiger partial charge in [-0.3, -0.25) is 4.98 Å². The predicted molar refractivity (Wildman–Crippen MR) is 67.6 cm³/mol. The van der Waals surface area contributed by atoms with Crippen molar-refractivity contribution in [2.24, 2.45) is 5.73 Å². The number of aromatic nitrogens is 1. The molecular formula is C9H13BrCl2N2O. The van der Waals surface area contributed by atoms with Gasteiger partial charge >= 0.3 is 0 Å². The number of nitrogens with zero attached hydrogens (tertiary/aromatic N) is 1. The molecule has 0 fully saturated rings. The second-order valence-corrected chi connectivity index (χ2v) is 3.99. The van der Waals surface area contributed by atoms with E-state index in [4.69, 9.17) is 10.5 Å². The fourth-order valence-corrected chi connectivity index (χ4v) is 1.95. The zero-order chi connectivity index (χ0) is 9.26. The second kappa shape index (κ2) is 6.66. The molecule has 1 aliphatic rings. The van der Waals surface area contributed by atoms with Crippen LogP contribution in [0.25, 0.3) is 0 Å². The third-order valence-electron chi connectivity index (χ3n) is 2.26. The standard InChI is InChI=1S/C9H11BrN2O.2ClH/c10-8-4-12-3-6-7(8)5-13-2-1-9(6)11;;/h3-4,9H,1-2,5,11H2;2*1H. The number of hydrogen-bond donors (Lipinski definition) is 1. The molecule has 0 saturated heterocycles. The zero-order valence-corrected chi connectivity index (χ0v) is 11.2. The minimum atomic E-state index is 0. The highest BCUT2D eigenvalue weighted by Crippen LogP contribution is 2.27. The zero-order valence-electron chi connectivity index (χ0n) is 7.98. The van der Waals surface area contributed by atoms with Crippen molar-refractivity contribution in [2.45, 2.75) is 19.1 Å². The van der Waals surface area contributed by atoms with E-state index in [1.54, 1.807) is 6.20 Å². The van der Waals surface area contributed by atoms with E-state index < -0.39 is 0 Å². The molecule has 0 aromatic carbocycles. The smallest absolute Gasteiger partial charge is 0.0732 e. The summed E-state index contributed by atoms with van der Waals surface area (Å²) in [6, 6.07) is 0.0579. The molecule has 0 aliphatic carbocycles. The summed E-state index contributed by atoms with van der Waals surface area (Å²) in [5.74, 6) is 0. The third-order valence-corrected chi connectivity index (χ3v) is 2.94. The highest BCUT2D eigenvalue weighted by Gasteiger charge is 2.17. The lowest BCUT2D eigenvalue weighted by atomic mass is 10.0. The van der Waals surface area contributed by atoms with Gasteiger partial charge < -0.3 is 10.5 Å². The van der Waals surface area contributed by atoms with Crippen LogP contribution in [0.2, 0.25) is 0 Å². The summed E-state index contributed by atoms with van der Waals surface area (Å²) in [6.45, 7) is 1.36. The second-order valence-electron chi connectivity index (χ2n) is 3.14. The molecule has 0 amide bonds. The molecule has 1 atom stereocenters. The molecule has 0 radical (unpaired) electrons. The highest BCUT2D eigenvalue weighted by atomic mass is 79.9. The first kappa shape index (κ1) is 15.1. The molecule has 2 heterocycles. The Kier molecular flexibility index (Phi) is 6.71. The Morgan fingerprint density at radius 3 is 2.87 bits per heavy atom. The van der Waals surface area contributed by atoms with Crippen molar-refractivity contribution in [3.63, 3.8) is 0 Å². The first-order valence-electron chi connectivity index (χ1n) is 4.24. The van der Waals surface area contributed by atoms with Crippen LogP contribution in [0.4, 0.5) is 0 Å². The van der Waals surface area contributed by atoms with Gasteiger partial charge in [0.2, 0.25) is 0 Å². The summed E-state index contributed by atoms with van der Waals surface area (Å²) in [5.41, 5.74) is 8.22. The minimum Gasteiger partial charge on any atom is -0.377 e. The average molecular weight is 316 g/mol. The van der Waals surface area contributed by atoms with Gasteiger partial charge in [-0.15, -0.1) is 24.8 Å². The van der Waals surface area contributed by atoms with Crippen LogP contribution in [-0.4, -0.2) is 11.6 Å². The van der Waals surface area contributed by atoms with Crippen molar-refractivity contribution >= 4 is 40.7 Å². The summed E-state index contributed by atoms with van der Waals surface area (Å²) in [5, 5.41) is 0. The van der Waals surface area contributed by atoms with Crippen LogP contribution in [0.1, 0.15) is 23.6 Å². The van der Waals surface area contributed by atoms with E-state index in [9.17, 15) is 0 Å². The quantitative estimate of drug-likeness (QED) is 0.800. The molecule has 2 rings (SSSR count). The van der Waals surface area contributed by atoms with Crippen LogP contribution in [0.5, 0.6) is 0 Å². The topological polar surface area (TPSA) is 48.1 Å². The minimum absolute atomic E-state index is 0. The summed E-state index contributed by atoms with van der Waals surface area (Å²) in [6.07, 6.45) is 4.48. The van der Waals surface area contributed by atoms with E-state index in [1.807, 2.05) is 6.20 Å². The lowest BCUT2D eigenvalue weighted by Crippen LogP contribution is -2.12. The maximum Gasteiger partial charge on any atom is 0.0732 e. The number of pyridine rings is 1. The fourth-order valence-electron chi connectivity index (χ4n) is 1.49. The molecule has 0 bridgehead atoms. The van der Waals surface area contributed by atoms with E-state index in [2.05, 4.69) is 20.9 Å². The molecule has 15 heavy (non-hydrogen) atoms. The van der Waals surface area contributed by atoms with E-state index in [-0.39, 0.29) is 30.9 Å². The van der Waals surface area contributed by atoms with Crippen molar-refractivity contribution in [3.05, 3.63) is 28.0 Å². The summed E-state index contributed by atoms with van der Waals surface area (Å²) in [4.78, 5) is 4.11. The molecule has 1 aromatic rings. The Balaban J connectivity index is 0.000000980. The van der Waals surface area contributed by atoms with Crippen LogP contribution in [0, 0.1) is 0 Å². The van der Waals surface area contributed by atoms with Crippen molar-refractivity contribution in [1.29, 1.82) is 0 Å². The Morgan fingerprint density at radius 1 is 1.40 bits per heavy atom. The maximum atomic E-state index is 5.97. The average Bonchev–Trinajstić information content (AvgIpc) is 2.30. The largest absolute Gasteiger partial charge is 0.377 e. The Labute approximate surface area is 110 Å². The lowest BCUT2D eigenvalue weighted by Gasteiger charge is -2.11. The van der Waals surface area contributed by atoms with Gasteiger partial charge in [0.05, 0.1) is 6.61 Å². The van der Waals surface area contributed by atoms with Crippen molar-refractivity contribution in [1.82, 2.24) is 4.98 Å². The summed E-state index contributed by atoms with van der Waals surface area (Å²) in [7, 11) is 0. The van der Waals surface area contributed by atoms with E-state index in [0.29, 0.717) is 6.61 Å². The van der Waals surface area contributed by atoms with Gasteiger partial charge in [-0.05, 0) is 33.5 Å². The number of ether oxygens (including phenoxy) is 1. The molecular weight excluding hydrogens is 303 g/mol. The molecule has 1 aromatic heterocycles. The molecule has 1 aliphatic heterocycles. The van der Waals surface area contributed by atoms with Crippen LogP contribution in [0.15, 0.2) is 16.9 Å². The number of rotatable bonds is 0. The van der Waals surface area contributed by atoms with Crippen LogP contribution >= 0.6 is 40.7 Å². The van der Waals surface area contributed by atoms with Crippen molar-refractivity contribution < 1.29 is 4.74 Å². The van der Waals surface area contributed by atoms with E-state index >= 15 is 0 Å². The first-order valence-corrected chi connectivity index (χ1v) is 5.04. The normalized spacial score (nSPS) is 19.2. The third kappa shape index (κ3) is 3.29. The fraction of sp³-hybridized carbons (Fsp3) is 0.444. The monoisotopic (exact) mass is 314 g/mol. The number of hydrogen-bond acceptors (Lipinski definition) is 3. The predicted octanol–water partition coefficient (Wildman–Crippen LogP) is 2.61. The van der Waals surface area contributed by atoms with Gasteiger partial charge in [0.1, 0.15) is 0 Å². The molecule has 0 saturated carbocycles. The lowest BCUT2D eigenvalue weighted by molar-refractivity contribution is 0.121. The van der Waals surface area contributed by atoms with Gasteiger partial charge in [-0.2, -0.15) is 0 Å². The Hall–Kier alpha value is 0.130. The molecule has 86 valence electrons. The van der Waals surface area contributed by atoms with E-state index in [0.717, 1.165) is 28.6 Å². The highest BCUT2D eigenvalue weighted by molar-refractivity contribution is 9.10. The van der Waals surface area contributed by atoms with Crippen LogP contribution in [0.3, 0.4) is 0 Å². The van der Waals surface area contributed by atoms with Crippen LogP contribution in [-0.2, 0) is 11.3 Å². The molecule has 1 unspecified atom stereocenters. The Morgan fingerprint density at radius 2 is 2.13 bits per heavy atom. The number of halogens is 3. The molecule has 6 heteroatoms. The molecule has 3 nitrogen and oxygen atoms in total. The van der Waals surface area contributed by atoms with Gasteiger partial charge in [-0.25, -0.2) is 0 Å². The van der Waals surface area contributed by atoms with Crippen molar-refractivity contribution in [2.75, 3.05) is 6.61 Å². The first-order chi connectivity index (χ1) is 6.29. The SMILES string of the molecule is Cl.Cl.NC1CCOCc2c(Br)cncc21. The molecule has 0 spiro atoms. The Bertz CT molecular complexity index is 325. The van der Waals surface area contributed by atoms with Crippen molar-refractivity contribution in [3.8, 4) is 0 Å². The molecule has 2 N–H and O–H groups in total. The van der Waals surface area contributed by atoms with Gasteiger partial charge in [0.15, 0.2) is 0 Å². The van der Waals surface area contributed by atoms with Crippen LogP contribution < -0.4 is 5.73 Å². The summed E-state index contributed by atoms with van der Waals surface area (Å²) >= 11 is 3.45. The van der Waals surface area contributed by atoms with Gasteiger partial charge in [-0.1, -0.05) is 0 Å². The van der Waals surface area contributed by atoms with E-state index in [1.165, 1.54) is 0 Å². The van der Waals surface area contributed by atoms with Gasteiger partial charge in [0, 0.05) is 29.5 Å². The summed E-state index contributed by atoms with van der Waals surface area (Å²) < 4.78 is 6.42. The van der Waals surface area contributed by atoms with Gasteiger partial charge in [0.25, 0.3) is 0 Å².